The first-order chi connectivity index (χ1) is 8.88. The molecule has 18 heavy (non-hydrogen) atoms. The van der Waals surface area contributed by atoms with Gasteiger partial charge < -0.3 is 10.1 Å². The van der Waals surface area contributed by atoms with Gasteiger partial charge in [0.2, 0.25) is 0 Å². The van der Waals surface area contributed by atoms with Crippen LogP contribution in [0.4, 0.5) is 5.69 Å². The van der Waals surface area contributed by atoms with Crippen molar-refractivity contribution in [2.75, 3.05) is 18.5 Å². The largest absolute Gasteiger partial charge is 0.494 e. The Balaban J connectivity index is 1.68. The molecular weight excluding hydrogens is 222 g/mol. The molecule has 2 rings (SSSR count). The van der Waals surface area contributed by atoms with Crippen molar-refractivity contribution in [3.05, 3.63) is 24.3 Å². The third-order valence-corrected chi connectivity index (χ3v) is 3.39. The second-order valence-corrected chi connectivity index (χ2v) is 5.26. The zero-order chi connectivity index (χ0) is 12.6. The Bertz CT molecular complexity index is 347. The number of hydrogen-bond donors (Lipinski definition) is 1. The first-order valence-corrected chi connectivity index (χ1v) is 7.35. The topological polar surface area (TPSA) is 21.3 Å². The van der Waals surface area contributed by atoms with E-state index in [-0.39, 0.29) is 0 Å². The fourth-order valence-corrected chi connectivity index (χ4v) is 2.00. The highest BCUT2D eigenvalue weighted by Gasteiger charge is 2.20. The minimum atomic E-state index is 0.839. The Kier molecular flexibility index (Phi) is 5.37. The Morgan fingerprint density at radius 1 is 1.22 bits per heavy atom. The quantitative estimate of drug-likeness (QED) is 0.650. The van der Waals surface area contributed by atoms with Gasteiger partial charge in [0.25, 0.3) is 0 Å². The Hall–Kier alpha value is -1.18. The molecule has 0 unspecified atom stereocenters. The number of benzene rings is 1. The standard InChI is InChI=1S/C16H25NO/c1-2-3-4-5-11-18-16-8-6-7-15(12-16)17-13-14-9-10-14/h6-8,12,14,17H,2-5,9-11,13H2,1H3. The van der Waals surface area contributed by atoms with Crippen LogP contribution in [0.2, 0.25) is 0 Å². The van der Waals surface area contributed by atoms with E-state index in [9.17, 15) is 0 Å². The van der Waals surface area contributed by atoms with Gasteiger partial charge in [0.15, 0.2) is 0 Å². The van der Waals surface area contributed by atoms with E-state index >= 15 is 0 Å². The van der Waals surface area contributed by atoms with Crippen LogP contribution >= 0.6 is 0 Å². The average molecular weight is 247 g/mol. The summed E-state index contributed by atoms with van der Waals surface area (Å²) >= 11 is 0. The number of hydrogen-bond acceptors (Lipinski definition) is 2. The van der Waals surface area contributed by atoms with Gasteiger partial charge in [-0.2, -0.15) is 0 Å². The van der Waals surface area contributed by atoms with E-state index in [0.29, 0.717) is 0 Å². The van der Waals surface area contributed by atoms with Gasteiger partial charge in [-0.15, -0.1) is 0 Å². The lowest BCUT2D eigenvalue weighted by molar-refractivity contribution is 0.305. The summed E-state index contributed by atoms with van der Waals surface area (Å²) < 4.78 is 5.78. The predicted molar refractivity (Wildman–Crippen MR) is 77.3 cm³/mol. The van der Waals surface area contributed by atoms with Crippen LogP contribution < -0.4 is 10.1 Å². The molecule has 1 aliphatic rings. The summed E-state index contributed by atoms with van der Waals surface area (Å²) in [6, 6.07) is 8.34. The predicted octanol–water partition coefficient (Wildman–Crippen LogP) is 4.47. The molecule has 1 fully saturated rings. The highest BCUT2D eigenvalue weighted by Crippen LogP contribution is 2.29. The zero-order valence-corrected chi connectivity index (χ0v) is 11.5. The lowest BCUT2D eigenvalue weighted by Gasteiger charge is -2.09. The average Bonchev–Trinajstić information content (AvgIpc) is 3.21. The number of unbranched alkanes of at least 4 members (excludes halogenated alkanes) is 3. The van der Waals surface area contributed by atoms with Crippen molar-refractivity contribution in [3.63, 3.8) is 0 Å². The Morgan fingerprint density at radius 2 is 2.11 bits per heavy atom. The highest BCUT2D eigenvalue weighted by atomic mass is 16.5. The fourth-order valence-electron chi connectivity index (χ4n) is 2.00. The van der Waals surface area contributed by atoms with Crippen LogP contribution in [0.25, 0.3) is 0 Å². The lowest BCUT2D eigenvalue weighted by Crippen LogP contribution is -2.03. The molecule has 0 bridgehead atoms. The van der Waals surface area contributed by atoms with E-state index in [1.165, 1.54) is 37.8 Å². The fraction of sp³-hybridized carbons (Fsp3) is 0.625. The summed E-state index contributed by atoms with van der Waals surface area (Å²) in [7, 11) is 0. The summed E-state index contributed by atoms with van der Waals surface area (Å²) in [4.78, 5) is 0. The van der Waals surface area contributed by atoms with Crippen molar-refractivity contribution in [1.82, 2.24) is 0 Å². The third kappa shape index (κ3) is 4.99. The molecule has 1 saturated carbocycles. The van der Waals surface area contributed by atoms with Crippen LogP contribution in [-0.2, 0) is 0 Å². The molecule has 2 heteroatoms. The molecule has 0 aliphatic heterocycles. The van der Waals surface area contributed by atoms with Crippen molar-refractivity contribution in [3.8, 4) is 5.75 Å². The van der Waals surface area contributed by atoms with E-state index < -0.39 is 0 Å². The highest BCUT2D eigenvalue weighted by molar-refractivity contribution is 5.48. The SMILES string of the molecule is CCCCCCOc1cccc(NCC2CC2)c1. The van der Waals surface area contributed by atoms with Crippen LogP contribution in [-0.4, -0.2) is 13.2 Å². The third-order valence-electron chi connectivity index (χ3n) is 3.39. The molecule has 0 aromatic heterocycles. The van der Waals surface area contributed by atoms with Crippen LogP contribution in [0.15, 0.2) is 24.3 Å². The van der Waals surface area contributed by atoms with Crippen molar-refractivity contribution in [2.24, 2.45) is 5.92 Å². The van der Waals surface area contributed by atoms with E-state index in [0.717, 1.165) is 31.2 Å². The van der Waals surface area contributed by atoms with Gasteiger partial charge in [0, 0.05) is 18.3 Å². The van der Waals surface area contributed by atoms with Gasteiger partial charge in [-0.3, -0.25) is 0 Å². The summed E-state index contributed by atoms with van der Waals surface area (Å²) in [6.07, 6.45) is 7.80. The normalized spacial score (nSPS) is 14.5. The van der Waals surface area contributed by atoms with Crippen LogP contribution in [0.3, 0.4) is 0 Å². The second-order valence-electron chi connectivity index (χ2n) is 5.26. The van der Waals surface area contributed by atoms with E-state index in [1.54, 1.807) is 0 Å². The zero-order valence-electron chi connectivity index (χ0n) is 11.5. The maximum atomic E-state index is 5.78. The van der Waals surface area contributed by atoms with Crippen molar-refractivity contribution in [2.45, 2.75) is 45.4 Å². The molecule has 0 atom stereocenters. The smallest absolute Gasteiger partial charge is 0.121 e. The second kappa shape index (κ2) is 7.30. The number of anilines is 1. The number of ether oxygens (including phenoxy) is 1. The maximum absolute atomic E-state index is 5.78. The van der Waals surface area contributed by atoms with Crippen molar-refractivity contribution >= 4 is 5.69 Å². The summed E-state index contributed by atoms with van der Waals surface area (Å²) in [5, 5.41) is 3.48. The first-order valence-electron chi connectivity index (χ1n) is 7.35. The molecule has 1 aromatic carbocycles. The van der Waals surface area contributed by atoms with E-state index in [2.05, 4.69) is 30.4 Å². The van der Waals surface area contributed by atoms with Gasteiger partial charge in [-0.05, 0) is 37.3 Å². The molecule has 1 aliphatic carbocycles. The number of rotatable bonds is 9. The number of nitrogens with one attached hydrogen (secondary N) is 1. The van der Waals surface area contributed by atoms with Crippen LogP contribution in [0, 0.1) is 5.92 Å². The molecule has 0 heterocycles. The Labute approximate surface area is 111 Å². The minimum Gasteiger partial charge on any atom is -0.494 e. The summed E-state index contributed by atoms with van der Waals surface area (Å²) in [5.74, 6) is 1.90. The molecule has 0 radical (unpaired) electrons. The molecule has 0 amide bonds. The molecule has 0 spiro atoms. The summed E-state index contributed by atoms with van der Waals surface area (Å²) in [6.45, 7) is 4.18. The van der Waals surface area contributed by atoms with E-state index in [4.69, 9.17) is 4.74 Å². The summed E-state index contributed by atoms with van der Waals surface area (Å²) in [5.41, 5.74) is 1.19. The van der Waals surface area contributed by atoms with Crippen LogP contribution in [0.1, 0.15) is 45.4 Å². The van der Waals surface area contributed by atoms with Crippen LogP contribution in [0.5, 0.6) is 5.75 Å². The minimum absolute atomic E-state index is 0.839. The van der Waals surface area contributed by atoms with Gasteiger partial charge in [0.1, 0.15) is 5.75 Å². The molecule has 100 valence electrons. The van der Waals surface area contributed by atoms with E-state index in [1.807, 2.05) is 6.07 Å². The molecule has 1 N–H and O–H groups in total. The lowest BCUT2D eigenvalue weighted by atomic mass is 10.2. The molecule has 1 aromatic rings. The monoisotopic (exact) mass is 247 g/mol. The maximum Gasteiger partial charge on any atom is 0.121 e. The van der Waals surface area contributed by atoms with Crippen molar-refractivity contribution in [1.29, 1.82) is 0 Å². The molecule has 0 saturated heterocycles. The first kappa shape index (κ1) is 13.3. The molecule has 2 nitrogen and oxygen atoms in total. The van der Waals surface area contributed by atoms with Crippen molar-refractivity contribution < 1.29 is 4.74 Å². The van der Waals surface area contributed by atoms with Gasteiger partial charge >= 0.3 is 0 Å². The van der Waals surface area contributed by atoms with Gasteiger partial charge in [0.05, 0.1) is 6.61 Å². The molecular formula is C16H25NO. The van der Waals surface area contributed by atoms with Gasteiger partial charge in [-0.25, -0.2) is 0 Å². The Morgan fingerprint density at radius 3 is 2.89 bits per heavy atom. The van der Waals surface area contributed by atoms with Gasteiger partial charge in [-0.1, -0.05) is 32.3 Å².